The van der Waals surface area contributed by atoms with Crippen LogP contribution in [0.25, 0.3) is 0 Å². The molecule has 1 saturated heterocycles. The molecular weight excluding hydrogens is 210 g/mol. The van der Waals surface area contributed by atoms with Gasteiger partial charge in [0.15, 0.2) is 0 Å². The SMILES string of the molecule is CC(Br)C(=O)N1CC(C)(O)C1. The first kappa shape index (κ1) is 9.00. The molecular formula is C7H12BrNO2. The smallest absolute Gasteiger partial charge is 0.236 e. The molecule has 0 aromatic rings. The van der Waals surface area contributed by atoms with E-state index >= 15 is 0 Å². The highest BCUT2D eigenvalue weighted by atomic mass is 79.9. The second kappa shape index (κ2) is 2.75. The Hall–Kier alpha value is -0.0900. The molecule has 3 nitrogen and oxygen atoms in total. The van der Waals surface area contributed by atoms with Crippen LogP contribution in [-0.2, 0) is 4.79 Å². The fraction of sp³-hybridized carbons (Fsp3) is 0.857. The fourth-order valence-electron chi connectivity index (χ4n) is 1.18. The monoisotopic (exact) mass is 221 g/mol. The number of aliphatic hydroxyl groups is 1. The number of hydrogen-bond acceptors (Lipinski definition) is 2. The molecule has 1 amide bonds. The van der Waals surface area contributed by atoms with Crippen molar-refractivity contribution >= 4 is 21.8 Å². The van der Waals surface area contributed by atoms with Gasteiger partial charge in [-0.2, -0.15) is 0 Å². The molecule has 1 aliphatic rings. The van der Waals surface area contributed by atoms with E-state index < -0.39 is 5.60 Å². The zero-order valence-electron chi connectivity index (χ0n) is 6.67. The van der Waals surface area contributed by atoms with Gasteiger partial charge < -0.3 is 10.0 Å². The van der Waals surface area contributed by atoms with Crippen molar-refractivity contribution in [1.29, 1.82) is 0 Å². The summed E-state index contributed by atoms with van der Waals surface area (Å²) >= 11 is 3.18. The van der Waals surface area contributed by atoms with Gasteiger partial charge in [-0.1, -0.05) is 15.9 Å². The van der Waals surface area contributed by atoms with Crippen molar-refractivity contribution in [3.8, 4) is 0 Å². The first-order chi connectivity index (χ1) is 4.92. The minimum atomic E-state index is -0.655. The molecule has 4 heteroatoms. The lowest BCUT2D eigenvalue weighted by Gasteiger charge is -2.44. The number of halogens is 1. The van der Waals surface area contributed by atoms with Gasteiger partial charge in [-0.15, -0.1) is 0 Å². The van der Waals surface area contributed by atoms with Gasteiger partial charge in [0.2, 0.25) is 5.91 Å². The van der Waals surface area contributed by atoms with E-state index in [-0.39, 0.29) is 10.7 Å². The van der Waals surface area contributed by atoms with Crippen LogP contribution in [0.5, 0.6) is 0 Å². The first-order valence-electron chi connectivity index (χ1n) is 3.58. The van der Waals surface area contributed by atoms with Crippen molar-refractivity contribution in [3.63, 3.8) is 0 Å². The maximum atomic E-state index is 11.2. The molecule has 0 bridgehead atoms. The lowest BCUT2D eigenvalue weighted by Crippen LogP contribution is -2.62. The van der Waals surface area contributed by atoms with Crippen LogP contribution in [0.4, 0.5) is 0 Å². The van der Waals surface area contributed by atoms with E-state index in [4.69, 9.17) is 0 Å². The number of carbonyl (C=O) groups is 1. The average molecular weight is 222 g/mol. The molecule has 1 rings (SSSR count). The zero-order valence-corrected chi connectivity index (χ0v) is 8.26. The van der Waals surface area contributed by atoms with Gasteiger partial charge in [-0.25, -0.2) is 0 Å². The summed E-state index contributed by atoms with van der Waals surface area (Å²) in [5, 5.41) is 9.31. The zero-order chi connectivity index (χ0) is 8.65. The normalized spacial score (nSPS) is 24.2. The molecule has 0 aromatic carbocycles. The van der Waals surface area contributed by atoms with Crippen LogP contribution in [0.1, 0.15) is 13.8 Å². The molecule has 0 radical (unpaired) electrons. The summed E-state index contributed by atoms with van der Waals surface area (Å²) in [4.78, 5) is 12.7. The molecule has 1 heterocycles. The summed E-state index contributed by atoms with van der Waals surface area (Å²) in [6.45, 7) is 4.44. The molecule has 11 heavy (non-hydrogen) atoms. The second-order valence-electron chi connectivity index (χ2n) is 3.31. The van der Waals surface area contributed by atoms with E-state index in [1.54, 1.807) is 18.7 Å². The quantitative estimate of drug-likeness (QED) is 0.651. The van der Waals surface area contributed by atoms with Crippen molar-refractivity contribution in [2.45, 2.75) is 24.3 Å². The Bertz CT molecular complexity index is 171. The maximum absolute atomic E-state index is 11.2. The van der Waals surface area contributed by atoms with Crippen LogP contribution < -0.4 is 0 Å². The van der Waals surface area contributed by atoms with Gasteiger partial charge in [0.25, 0.3) is 0 Å². The number of amides is 1. The Morgan fingerprint density at radius 3 is 2.45 bits per heavy atom. The number of rotatable bonds is 1. The van der Waals surface area contributed by atoms with Crippen LogP contribution >= 0.6 is 15.9 Å². The minimum Gasteiger partial charge on any atom is -0.386 e. The highest BCUT2D eigenvalue weighted by Crippen LogP contribution is 2.21. The summed E-state index contributed by atoms with van der Waals surface area (Å²) < 4.78 is 0. The molecule has 1 fully saturated rings. The number of nitrogens with zero attached hydrogens (tertiary/aromatic N) is 1. The predicted octanol–water partition coefficient (Wildman–Crippen LogP) is 0.363. The summed E-state index contributed by atoms with van der Waals surface area (Å²) in [5.74, 6) is 0.0523. The molecule has 0 aromatic heterocycles. The fourth-order valence-corrected chi connectivity index (χ4v) is 1.47. The van der Waals surface area contributed by atoms with Crippen molar-refractivity contribution in [3.05, 3.63) is 0 Å². The Morgan fingerprint density at radius 1 is 1.73 bits per heavy atom. The van der Waals surface area contributed by atoms with Gasteiger partial charge in [0, 0.05) is 0 Å². The third kappa shape index (κ3) is 1.93. The van der Waals surface area contributed by atoms with E-state index in [0.29, 0.717) is 13.1 Å². The highest BCUT2D eigenvalue weighted by molar-refractivity contribution is 9.10. The van der Waals surface area contributed by atoms with Crippen LogP contribution in [0, 0.1) is 0 Å². The molecule has 1 unspecified atom stereocenters. The summed E-state index contributed by atoms with van der Waals surface area (Å²) in [6, 6.07) is 0. The number of alkyl halides is 1. The molecule has 0 saturated carbocycles. The van der Waals surface area contributed by atoms with Crippen molar-refractivity contribution in [1.82, 2.24) is 4.90 Å². The van der Waals surface area contributed by atoms with Gasteiger partial charge in [0.1, 0.15) is 0 Å². The number of carbonyl (C=O) groups excluding carboxylic acids is 1. The van der Waals surface area contributed by atoms with Crippen molar-refractivity contribution in [2.24, 2.45) is 0 Å². The van der Waals surface area contributed by atoms with E-state index in [1.807, 2.05) is 0 Å². The van der Waals surface area contributed by atoms with Crippen LogP contribution in [0.15, 0.2) is 0 Å². The Labute approximate surface area is 74.5 Å². The number of hydrogen-bond donors (Lipinski definition) is 1. The van der Waals surface area contributed by atoms with Crippen LogP contribution in [-0.4, -0.2) is 39.4 Å². The minimum absolute atomic E-state index is 0.0523. The molecule has 1 atom stereocenters. The molecule has 0 aliphatic carbocycles. The maximum Gasteiger partial charge on any atom is 0.236 e. The van der Waals surface area contributed by atoms with Crippen LogP contribution in [0.3, 0.4) is 0 Å². The molecule has 1 N–H and O–H groups in total. The Morgan fingerprint density at radius 2 is 2.18 bits per heavy atom. The van der Waals surface area contributed by atoms with Crippen LogP contribution in [0.2, 0.25) is 0 Å². The van der Waals surface area contributed by atoms with E-state index in [9.17, 15) is 9.90 Å². The summed E-state index contributed by atoms with van der Waals surface area (Å²) in [5.41, 5.74) is -0.655. The number of likely N-dealkylation sites (tertiary alicyclic amines) is 1. The molecule has 64 valence electrons. The van der Waals surface area contributed by atoms with Crippen molar-refractivity contribution < 1.29 is 9.90 Å². The Balaban J connectivity index is 2.38. The van der Waals surface area contributed by atoms with Gasteiger partial charge in [-0.05, 0) is 13.8 Å². The van der Waals surface area contributed by atoms with E-state index in [1.165, 1.54) is 0 Å². The lowest BCUT2D eigenvalue weighted by atomic mass is 9.97. The predicted molar refractivity (Wildman–Crippen MR) is 45.6 cm³/mol. The molecule has 0 spiro atoms. The average Bonchev–Trinajstić information content (AvgIpc) is 1.80. The van der Waals surface area contributed by atoms with Gasteiger partial charge in [-0.3, -0.25) is 4.79 Å². The topological polar surface area (TPSA) is 40.5 Å². The largest absolute Gasteiger partial charge is 0.386 e. The summed E-state index contributed by atoms with van der Waals surface area (Å²) in [7, 11) is 0. The van der Waals surface area contributed by atoms with Gasteiger partial charge in [0.05, 0.1) is 23.5 Å². The van der Waals surface area contributed by atoms with E-state index in [0.717, 1.165) is 0 Å². The lowest BCUT2D eigenvalue weighted by molar-refractivity contribution is -0.151. The second-order valence-corrected chi connectivity index (χ2v) is 4.68. The summed E-state index contributed by atoms with van der Waals surface area (Å²) in [6.07, 6.45) is 0. The standard InChI is InChI=1S/C7H12BrNO2/c1-5(8)6(10)9-3-7(2,11)4-9/h5,11H,3-4H2,1-2H3. The van der Waals surface area contributed by atoms with E-state index in [2.05, 4.69) is 15.9 Å². The number of β-amino-alcohol motifs (C(OH)–C–C–N with tert-alkyl or cyclic N) is 1. The third-order valence-electron chi connectivity index (χ3n) is 1.71. The first-order valence-corrected chi connectivity index (χ1v) is 4.49. The highest BCUT2D eigenvalue weighted by Gasteiger charge is 2.40. The van der Waals surface area contributed by atoms with Gasteiger partial charge >= 0.3 is 0 Å². The Kier molecular flexibility index (Phi) is 2.25. The third-order valence-corrected chi connectivity index (χ3v) is 2.11. The van der Waals surface area contributed by atoms with Crippen molar-refractivity contribution in [2.75, 3.05) is 13.1 Å². The molecule has 1 aliphatic heterocycles.